The van der Waals surface area contributed by atoms with Crippen molar-refractivity contribution in [3.63, 3.8) is 0 Å². The third-order valence-corrected chi connectivity index (χ3v) is 6.39. The summed E-state index contributed by atoms with van der Waals surface area (Å²) in [6, 6.07) is 16.2. The molecule has 168 valence electrons. The van der Waals surface area contributed by atoms with E-state index in [1.54, 1.807) is 4.57 Å². The molecular formula is C27H29N5O. The van der Waals surface area contributed by atoms with Gasteiger partial charge in [0.25, 0.3) is 5.56 Å². The number of nitrogens with zero attached hydrogens (tertiary/aromatic N) is 5. The maximum absolute atomic E-state index is 13.8. The molecule has 6 heteroatoms. The minimum absolute atomic E-state index is 0.0347. The zero-order chi connectivity index (χ0) is 22.9. The van der Waals surface area contributed by atoms with Gasteiger partial charge in [-0.2, -0.15) is 0 Å². The van der Waals surface area contributed by atoms with Crippen molar-refractivity contribution in [1.82, 2.24) is 24.1 Å². The predicted molar refractivity (Wildman–Crippen MR) is 134 cm³/mol. The van der Waals surface area contributed by atoms with E-state index in [1.165, 1.54) is 12.0 Å². The molecule has 5 aromatic rings. The van der Waals surface area contributed by atoms with Crippen molar-refractivity contribution in [3.05, 3.63) is 70.3 Å². The van der Waals surface area contributed by atoms with E-state index in [9.17, 15) is 4.79 Å². The van der Waals surface area contributed by atoms with Crippen LogP contribution in [0.25, 0.3) is 38.9 Å². The molecule has 0 amide bonds. The van der Waals surface area contributed by atoms with Crippen LogP contribution in [-0.4, -0.2) is 24.1 Å². The van der Waals surface area contributed by atoms with Gasteiger partial charge in [-0.05, 0) is 49.6 Å². The number of hydrogen-bond donors (Lipinski definition) is 0. The largest absolute Gasteiger partial charge is 0.296 e. The molecule has 3 heterocycles. The number of hydrogen-bond acceptors (Lipinski definition) is 4. The van der Waals surface area contributed by atoms with Crippen LogP contribution >= 0.6 is 0 Å². The Labute approximate surface area is 192 Å². The topological polar surface area (TPSA) is 65.6 Å². The number of para-hydroxylation sites is 2. The predicted octanol–water partition coefficient (Wildman–Crippen LogP) is 5.73. The summed E-state index contributed by atoms with van der Waals surface area (Å²) in [7, 11) is 0. The molecule has 0 unspecified atom stereocenters. The van der Waals surface area contributed by atoms with Crippen LogP contribution < -0.4 is 5.56 Å². The molecule has 5 rings (SSSR count). The maximum atomic E-state index is 13.8. The summed E-state index contributed by atoms with van der Waals surface area (Å²) in [5.41, 5.74) is 5.64. The summed E-state index contributed by atoms with van der Waals surface area (Å²) >= 11 is 0. The molecule has 0 fully saturated rings. The Kier molecular flexibility index (Phi) is 5.67. The van der Waals surface area contributed by atoms with Crippen LogP contribution in [0, 0.1) is 6.92 Å². The maximum Gasteiger partial charge on any atom is 0.265 e. The first-order valence-corrected chi connectivity index (χ1v) is 11.9. The lowest BCUT2D eigenvalue weighted by molar-refractivity contribution is 0.556. The van der Waals surface area contributed by atoms with Gasteiger partial charge in [0.1, 0.15) is 16.7 Å². The van der Waals surface area contributed by atoms with Gasteiger partial charge >= 0.3 is 0 Å². The highest BCUT2D eigenvalue weighted by Crippen LogP contribution is 2.29. The van der Waals surface area contributed by atoms with Crippen LogP contribution in [0.5, 0.6) is 0 Å². The Morgan fingerprint density at radius 1 is 0.818 bits per heavy atom. The highest BCUT2D eigenvalue weighted by Gasteiger charge is 2.22. The molecular weight excluding hydrogens is 410 g/mol. The van der Waals surface area contributed by atoms with Crippen molar-refractivity contribution in [3.8, 4) is 5.69 Å². The lowest BCUT2D eigenvalue weighted by Gasteiger charge is -2.11. The number of rotatable bonds is 7. The monoisotopic (exact) mass is 439 g/mol. The summed E-state index contributed by atoms with van der Waals surface area (Å²) in [5, 5.41) is 0.545. The van der Waals surface area contributed by atoms with Crippen molar-refractivity contribution in [2.24, 2.45) is 0 Å². The molecule has 0 aliphatic carbocycles. The fourth-order valence-corrected chi connectivity index (χ4v) is 4.52. The second-order valence-corrected chi connectivity index (χ2v) is 8.62. The SMILES string of the molecule is CCCCCCn1c(C)nc2c(c1=O)c1nc3ccccc3nc1n2-c1ccc(CC)cc1. The standard InChI is InChI=1S/C27H29N5O/c1-4-6-7-10-17-31-18(3)28-25-23(27(31)33)24-26(30-22-12-9-8-11-21(22)29-24)32(25)20-15-13-19(5-2)14-16-20/h8-9,11-16H,4-7,10,17H2,1-3H3. The van der Waals surface area contributed by atoms with Gasteiger partial charge in [0.2, 0.25) is 0 Å². The Bertz CT molecular complexity index is 1510. The van der Waals surface area contributed by atoms with E-state index in [0.29, 0.717) is 28.7 Å². The van der Waals surface area contributed by atoms with Gasteiger partial charge in [0, 0.05) is 12.2 Å². The highest BCUT2D eigenvalue weighted by atomic mass is 16.1. The van der Waals surface area contributed by atoms with Crippen molar-refractivity contribution in [2.45, 2.75) is 59.4 Å². The van der Waals surface area contributed by atoms with E-state index in [4.69, 9.17) is 15.0 Å². The van der Waals surface area contributed by atoms with Gasteiger partial charge in [0.15, 0.2) is 11.3 Å². The van der Waals surface area contributed by atoms with Gasteiger partial charge in [-0.1, -0.05) is 57.4 Å². The van der Waals surface area contributed by atoms with Crippen LogP contribution in [0.1, 0.15) is 50.9 Å². The normalized spacial score (nSPS) is 11.7. The second-order valence-electron chi connectivity index (χ2n) is 8.62. The first kappa shape index (κ1) is 21.3. The molecule has 2 aromatic carbocycles. The molecule has 0 spiro atoms. The Hall–Kier alpha value is -3.54. The Balaban J connectivity index is 1.81. The number of unbranched alkanes of at least 4 members (excludes halogenated alkanes) is 3. The third-order valence-electron chi connectivity index (χ3n) is 6.39. The fourth-order valence-electron chi connectivity index (χ4n) is 4.52. The molecule has 0 aliphatic heterocycles. The van der Waals surface area contributed by atoms with Gasteiger partial charge in [-0.3, -0.25) is 13.9 Å². The lowest BCUT2D eigenvalue weighted by Crippen LogP contribution is -2.24. The average molecular weight is 440 g/mol. The highest BCUT2D eigenvalue weighted by molar-refractivity contribution is 6.05. The summed E-state index contributed by atoms with van der Waals surface area (Å²) in [5.74, 6) is 0.725. The fraction of sp³-hybridized carbons (Fsp3) is 0.333. The molecule has 0 atom stereocenters. The quantitative estimate of drug-likeness (QED) is 0.304. The molecule has 3 aromatic heterocycles. The van der Waals surface area contributed by atoms with Crippen molar-refractivity contribution in [2.75, 3.05) is 0 Å². The van der Waals surface area contributed by atoms with Gasteiger partial charge < -0.3 is 0 Å². The van der Waals surface area contributed by atoms with E-state index in [-0.39, 0.29) is 5.56 Å². The second kappa shape index (κ2) is 8.77. The van der Waals surface area contributed by atoms with Gasteiger partial charge in [-0.25, -0.2) is 15.0 Å². The van der Waals surface area contributed by atoms with Crippen molar-refractivity contribution in [1.29, 1.82) is 0 Å². The number of aryl methyl sites for hydroxylation is 2. The first-order chi connectivity index (χ1) is 16.1. The van der Waals surface area contributed by atoms with Gasteiger partial charge in [-0.15, -0.1) is 0 Å². The van der Waals surface area contributed by atoms with Crippen LogP contribution in [-0.2, 0) is 13.0 Å². The zero-order valence-electron chi connectivity index (χ0n) is 19.5. The molecule has 0 aliphatic rings. The van der Waals surface area contributed by atoms with E-state index >= 15 is 0 Å². The Morgan fingerprint density at radius 3 is 2.24 bits per heavy atom. The number of fused-ring (bicyclic) bond motifs is 4. The van der Waals surface area contributed by atoms with Crippen LogP contribution in [0.15, 0.2) is 53.3 Å². The summed E-state index contributed by atoms with van der Waals surface area (Å²) in [6.07, 6.45) is 5.38. The first-order valence-electron chi connectivity index (χ1n) is 11.9. The van der Waals surface area contributed by atoms with Crippen molar-refractivity contribution >= 4 is 33.2 Å². The third kappa shape index (κ3) is 3.69. The molecule has 6 nitrogen and oxygen atoms in total. The molecule has 0 radical (unpaired) electrons. The zero-order valence-corrected chi connectivity index (χ0v) is 19.5. The lowest BCUT2D eigenvalue weighted by atomic mass is 10.1. The van der Waals surface area contributed by atoms with Gasteiger partial charge in [0.05, 0.1) is 11.0 Å². The molecule has 0 bridgehead atoms. The minimum Gasteiger partial charge on any atom is -0.296 e. The van der Waals surface area contributed by atoms with E-state index in [0.717, 1.165) is 48.2 Å². The molecule has 0 saturated heterocycles. The van der Waals surface area contributed by atoms with E-state index in [2.05, 4.69) is 38.1 Å². The van der Waals surface area contributed by atoms with Crippen LogP contribution in [0.4, 0.5) is 0 Å². The molecule has 0 saturated carbocycles. The smallest absolute Gasteiger partial charge is 0.265 e. The Morgan fingerprint density at radius 2 is 1.55 bits per heavy atom. The van der Waals surface area contributed by atoms with Crippen molar-refractivity contribution < 1.29 is 0 Å². The minimum atomic E-state index is -0.0347. The number of benzene rings is 2. The summed E-state index contributed by atoms with van der Waals surface area (Å²) in [6.45, 7) is 6.92. The number of aromatic nitrogens is 5. The molecule has 0 N–H and O–H groups in total. The average Bonchev–Trinajstić information content (AvgIpc) is 3.14. The van der Waals surface area contributed by atoms with E-state index < -0.39 is 0 Å². The van der Waals surface area contributed by atoms with Crippen LogP contribution in [0.3, 0.4) is 0 Å². The van der Waals surface area contributed by atoms with Crippen LogP contribution in [0.2, 0.25) is 0 Å². The summed E-state index contributed by atoms with van der Waals surface area (Å²) in [4.78, 5) is 28.5. The summed E-state index contributed by atoms with van der Waals surface area (Å²) < 4.78 is 3.79. The van der Waals surface area contributed by atoms with E-state index in [1.807, 2.05) is 35.8 Å². The molecule has 33 heavy (non-hydrogen) atoms.